The zero-order chi connectivity index (χ0) is 12.5. The summed E-state index contributed by atoms with van der Waals surface area (Å²) < 4.78 is 5.25. The number of aldehydes is 1. The summed E-state index contributed by atoms with van der Waals surface area (Å²) in [4.78, 5) is 10.4. The molecule has 0 atom stereocenters. The second kappa shape index (κ2) is 4.57. The molecular formula is C13H16ClNO2. The summed E-state index contributed by atoms with van der Waals surface area (Å²) >= 11 is 6.26. The summed E-state index contributed by atoms with van der Waals surface area (Å²) in [6.07, 6.45) is 3.14. The maximum absolute atomic E-state index is 10.4. The molecule has 92 valence electrons. The second-order valence-electron chi connectivity index (χ2n) is 4.64. The maximum atomic E-state index is 10.4. The Morgan fingerprint density at radius 1 is 1.53 bits per heavy atom. The minimum Gasteiger partial charge on any atom is -0.495 e. The molecule has 0 aliphatic heterocycles. The van der Waals surface area contributed by atoms with Gasteiger partial charge in [-0.3, -0.25) is 0 Å². The summed E-state index contributed by atoms with van der Waals surface area (Å²) in [5.74, 6) is 0.671. The van der Waals surface area contributed by atoms with E-state index in [0.29, 0.717) is 5.75 Å². The number of hydrogen-bond donors (Lipinski definition) is 1. The summed E-state index contributed by atoms with van der Waals surface area (Å²) in [6.45, 7) is 2.47. The second-order valence-corrected chi connectivity index (χ2v) is 5.05. The molecule has 1 aliphatic rings. The molecule has 0 bridgehead atoms. The Hall–Kier alpha value is -1.22. The molecule has 0 heterocycles. The van der Waals surface area contributed by atoms with Crippen molar-refractivity contribution in [1.82, 2.24) is 0 Å². The monoisotopic (exact) mass is 253 g/mol. The topological polar surface area (TPSA) is 38.3 Å². The van der Waals surface area contributed by atoms with Gasteiger partial charge < -0.3 is 14.8 Å². The molecule has 17 heavy (non-hydrogen) atoms. The quantitative estimate of drug-likeness (QED) is 0.820. The van der Waals surface area contributed by atoms with Crippen LogP contribution >= 0.6 is 11.6 Å². The van der Waals surface area contributed by atoms with Crippen LogP contribution in [0, 0.1) is 0 Å². The van der Waals surface area contributed by atoms with Crippen molar-refractivity contribution < 1.29 is 9.53 Å². The van der Waals surface area contributed by atoms with Gasteiger partial charge in [-0.1, -0.05) is 18.5 Å². The van der Waals surface area contributed by atoms with Gasteiger partial charge in [0.05, 0.1) is 19.3 Å². The molecule has 1 aromatic carbocycles. The first-order chi connectivity index (χ1) is 8.10. The number of rotatable bonds is 5. The Bertz CT molecular complexity index is 441. The number of nitrogens with one attached hydrogen (secondary N) is 1. The molecule has 0 aromatic heterocycles. The lowest BCUT2D eigenvalue weighted by atomic mass is 9.97. The lowest BCUT2D eigenvalue weighted by molar-refractivity contribution is -0.106. The van der Waals surface area contributed by atoms with Gasteiger partial charge in [0, 0.05) is 11.1 Å². The lowest BCUT2D eigenvalue weighted by Gasteiger charge is -2.16. The Balaban J connectivity index is 2.38. The number of hydrogen-bond acceptors (Lipinski definition) is 3. The molecule has 1 saturated carbocycles. The normalized spacial score (nSPS) is 16.4. The van der Waals surface area contributed by atoms with E-state index in [1.807, 2.05) is 12.1 Å². The van der Waals surface area contributed by atoms with E-state index in [4.69, 9.17) is 16.3 Å². The van der Waals surface area contributed by atoms with Crippen LogP contribution in [0.1, 0.15) is 25.3 Å². The van der Waals surface area contributed by atoms with Gasteiger partial charge in [-0.25, -0.2) is 0 Å². The van der Waals surface area contributed by atoms with E-state index in [1.54, 1.807) is 7.11 Å². The van der Waals surface area contributed by atoms with Crippen LogP contribution in [0.15, 0.2) is 12.1 Å². The van der Waals surface area contributed by atoms with Crippen LogP contribution in [0.25, 0.3) is 0 Å². The standard InChI is InChI=1S/C13H16ClNO2/c1-13(3-4-13)9-7-11(15-5-6-16)12(17-2)8-10(9)14/h6-8,15H,3-5H2,1-2H3. The highest BCUT2D eigenvalue weighted by Crippen LogP contribution is 2.51. The number of halogens is 1. The number of benzene rings is 1. The summed E-state index contributed by atoms with van der Waals surface area (Å²) in [7, 11) is 1.59. The van der Waals surface area contributed by atoms with Crippen molar-refractivity contribution in [2.45, 2.75) is 25.2 Å². The van der Waals surface area contributed by atoms with Crippen LogP contribution in [0.3, 0.4) is 0 Å². The van der Waals surface area contributed by atoms with E-state index in [1.165, 1.54) is 0 Å². The molecule has 1 aromatic rings. The molecule has 0 spiro atoms. The maximum Gasteiger partial charge on any atom is 0.143 e. The molecule has 1 N–H and O–H groups in total. The van der Waals surface area contributed by atoms with Gasteiger partial charge in [0.2, 0.25) is 0 Å². The van der Waals surface area contributed by atoms with Gasteiger partial charge in [0.1, 0.15) is 12.0 Å². The van der Waals surface area contributed by atoms with Crippen LogP contribution in [0.5, 0.6) is 5.75 Å². The van der Waals surface area contributed by atoms with Crippen molar-refractivity contribution in [3.05, 3.63) is 22.7 Å². The van der Waals surface area contributed by atoms with Crippen LogP contribution in [-0.4, -0.2) is 19.9 Å². The first kappa shape index (κ1) is 12.2. The molecule has 1 aliphatic carbocycles. The van der Waals surface area contributed by atoms with E-state index in [0.717, 1.165) is 35.4 Å². The molecule has 3 nitrogen and oxygen atoms in total. The first-order valence-corrected chi connectivity index (χ1v) is 6.04. The number of ether oxygens (including phenoxy) is 1. The molecule has 1 fully saturated rings. The summed E-state index contributed by atoms with van der Waals surface area (Å²) in [5.41, 5.74) is 2.15. The Morgan fingerprint density at radius 2 is 2.24 bits per heavy atom. The van der Waals surface area contributed by atoms with E-state index in [2.05, 4.69) is 12.2 Å². The van der Waals surface area contributed by atoms with Crippen molar-refractivity contribution in [2.75, 3.05) is 19.0 Å². The smallest absolute Gasteiger partial charge is 0.143 e. The van der Waals surface area contributed by atoms with Gasteiger partial charge in [-0.2, -0.15) is 0 Å². The first-order valence-electron chi connectivity index (χ1n) is 5.66. The Kier molecular flexibility index (Phi) is 3.29. The van der Waals surface area contributed by atoms with Crippen molar-refractivity contribution in [3.63, 3.8) is 0 Å². The fourth-order valence-electron chi connectivity index (χ4n) is 1.93. The third kappa shape index (κ3) is 2.39. The molecular weight excluding hydrogens is 238 g/mol. The van der Waals surface area contributed by atoms with Crippen molar-refractivity contribution in [3.8, 4) is 5.75 Å². The predicted molar refractivity (Wildman–Crippen MR) is 69.1 cm³/mol. The fourth-order valence-corrected chi connectivity index (χ4v) is 2.31. The minimum absolute atomic E-state index is 0.195. The average Bonchev–Trinajstić information content (AvgIpc) is 3.06. The predicted octanol–water partition coefficient (Wildman–Crippen LogP) is 3.01. The van der Waals surface area contributed by atoms with E-state index >= 15 is 0 Å². The third-order valence-electron chi connectivity index (χ3n) is 3.32. The van der Waals surface area contributed by atoms with Crippen LogP contribution < -0.4 is 10.1 Å². The van der Waals surface area contributed by atoms with Crippen LogP contribution in [-0.2, 0) is 10.2 Å². The Morgan fingerprint density at radius 3 is 2.76 bits per heavy atom. The average molecular weight is 254 g/mol. The number of carbonyl (C=O) groups is 1. The SMILES string of the molecule is COc1cc(Cl)c(C2(C)CC2)cc1NCC=O. The highest BCUT2D eigenvalue weighted by Gasteiger charge is 2.41. The number of anilines is 1. The van der Waals surface area contributed by atoms with Gasteiger partial charge in [0.25, 0.3) is 0 Å². The van der Waals surface area contributed by atoms with E-state index in [-0.39, 0.29) is 12.0 Å². The zero-order valence-corrected chi connectivity index (χ0v) is 10.8. The van der Waals surface area contributed by atoms with Crippen LogP contribution in [0.4, 0.5) is 5.69 Å². The lowest BCUT2D eigenvalue weighted by Crippen LogP contribution is -2.07. The summed E-state index contributed by atoms with van der Waals surface area (Å²) in [6, 6.07) is 3.81. The zero-order valence-electron chi connectivity index (χ0n) is 10.0. The summed E-state index contributed by atoms with van der Waals surface area (Å²) in [5, 5.41) is 3.76. The molecule has 0 saturated heterocycles. The largest absolute Gasteiger partial charge is 0.495 e. The van der Waals surface area contributed by atoms with E-state index < -0.39 is 0 Å². The van der Waals surface area contributed by atoms with Gasteiger partial charge in [-0.15, -0.1) is 0 Å². The van der Waals surface area contributed by atoms with Crippen molar-refractivity contribution in [1.29, 1.82) is 0 Å². The van der Waals surface area contributed by atoms with Gasteiger partial charge in [0.15, 0.2) is 0 Å². The molecule has 0 unspecified atom stereocenters. The third-order valence-corrected chi connectivity index (χ3v) is 3.63. The number of carbonyl (C=O) groups excluding carboxylic acids is 1. The molecule has 0 amide bonds. The van der Waals surface area contributed by atoms with Crippen molar-refractivity contribution >= 4 is 23.6 Å². The van der Waals surface area contributed by atoms with Crippen molar-refractivity contribution in [2.24, 2.45) is 0 Å². The highest BCUT2D eigenvalue weighted by molar-refractivity contribution is 6.31. The van der Waals surface area contributed by atoms with Gasteiger partial charge >= 0.3 is 0 Å². The van der Waals surface area contributed by atoms with Gasteiger partial charge in [-0.05, 0) is 29.9 Å². The molecule has 0 radical (unpaired) electrons. The Labute approximate surface area is 106 Å². The number of methoxy groups -OCH3 is 1. The van der Waals surface area contributed by atoms with E-state index in [9.17, 15) is 4.79 Å². The molecule has 4 heteroatoms. The minimum atomic E-state index is 0.195. The molecule has 2 rings (SSSR count). The highest BCUT2D eigenvalue weighted by atomic mass is 35.5. The van der Waals surface area contributed by atoms with Crippen LogP contribution in [0.2, 0.25) is 5.02 Å². The fraction of sp³-hybridized carbons (Fsp3) is 0.462.